The maximum absolute atomic E-state index is 13.2. The summed E-state index contributed by atoms with van der Waals surface area (Å²) in [4.78, 5) is 14.0. The van der Waals surface area contributed by atoms with Crippen LogP contribution in [0.2, 0.25) is 0 Å². The Morgan fingerprint density at radius 2 is 1.78 bits per heavy atom. The summed E-state index contributed by atoms with van der Waals surface area (Å²) in [6.45, 7) is 1.96. The van der Waals surface area contributed by atoms with E-state index < -0.39 is 23.6 Å². The summed E-state index contributed by atoms with van der Waals surface area (Å²) < 4.78 is 26.2. The molecule has 2 aromatic carbocycles. The van der Waals surface area contributed by atoms with Gasteiger partial charge in [0, 0.05) is 19.6 Å². The highest BCUT2D eigenvalue weighted by molar-refractivity contribution is 5.79. The van der Waals surface area contributed by atoms with E-state index in [0.717, 1.165) is 17.7 Å². The van der Waals surface area contributed by atoms with E-state index in [2.05, 4.69) is 0 Å². The van der Waals surface area contributed by atoms with Crippen molar-refractivity contribution in [2.45, 2.75) is 19.5 Å². The number of hydrogen-bond donors (Lipinski definition) is 1. The maximum atomic E-state index is 13.2. The smallest absolute Gasteiger partial charge is 0.227 e. The van der Waals surface area contributed by atoms with Crippen LogP contribution in [0.25, 0.3) is 0 Å². The molecule has 0 aliphatic heterocycles. The van der Waals surface area contributed by atoms with Gasteiger partial charge in [0.15, 0.2) is 11.6 Å². The molecular formula is C18H20F2N2O. The number of carbonyl (C=O) groups is 1. The summed E-state index contributed by atoms with van der Waals surface area (Å²) in [6.07, 6.45) is 0. The van der Waals surface area contributed by atoms with Crippen LogP contribution in [0.4, 0.5) is 8.78 Å². The minimum atomic E-state index is -0.919. The summed E-state index contributed by atoms with van der Waals surface area (Å²) in [5.74, 6) is -2.39. The van der Waals surface area contributed by atoms with Crippen LogP contribution in [0.5, 0.6) is 0 Å². The van der Waals surface area contributed by atoms with Crippen LogP contribution >= 0.6 is 0 Å². The molecule has 1 amide bonds. The van der Waals surface area contributed by atoms with Gasteiger partial charge >= 0.3 is 0 Å². The second kappa shape index (κ2) is 7.33. The lowest BCUT2D eigenvalue weighted by molar-refractivity contribution is -0.134. The van der Waals surface area contributed by atoms with Crippen LogP contribution in [0, 0.1) is 17.6 Å². The van der Waals surface area contributed by atoms with Gasteiger partial charge in [-0.1, -0.05) is 43.3 Å². The number of carbonyl (C=O) groups excluding carboxylic acids is 1. The molecule has 2 aromatic rings. The maximum Gasteiger partial charge on any atom is 0.227 e. The van der Waals surface area contributed by atoms with E-state index >= 15 is 0 Å². The van der Waals surface area contributed by atoms with Crippen molar-refractivity contribution < 1.29 is 13.6 Å². The Hall–Kier alpha value is -2.27. The van der Waals surface area contributed by atoms with Crippen LogP contribution in [0.3, 0.4) is 0 Å². The fourth-order valence-corrected chi connectivity index (χ4v) is 2.45. The molecule has 0 radical (unpaired) electrons. The molecule has 0 aromatic heterocycles. The number of nitrogens with two attached hydrogens (primary N) is 1. The lowest BCUT2D eigenvalue weighted by Gasteiger charge is -2.25. The molecule has 0 heterocycles. The number of rotatable bonds is 5. The largest absolute Gasteiger partial charge is 0.341 e. The number of nitrogens with zero attached hydrogens (tertiary/aromatic N) is 1. The molecule has 2 atom stereocenters. The Morgan fingerprint density at radius 3 is 2.39 bits per heavy atom. The van der Waals surface area contributed by atoms with E-state index in [4.69, 9.17) is 5.73 Å². The molecule has 0 bridgehead atoms. The molecule has 122 valence electrons. The molecule has 2 unspecified atom stereocenters. The first-order valence-corrected chi connectivity index (χ1v) is 7.39. The molecule has 2 N–H and O–H groups in total. The van der Waals surface area contributed by atoms with Gasteiger partial charge in [-0.15, -0.1) is 0 Å². The van der Waals surface area contributed by atoms with Gasteiger partial charge in [-0.3, -0.25) is 4.79 Å². The topological polar surface area (TPSA) is 46.3 Å². The van der Waals surface area contributed by atoms with Gasteiger partial charge in [-0.2, -0.15) is 0 Å². The Bertz CT molecular complexity index is 676. The van der Waals surface area contributed by atoms with Gasteiger partial charge < -0.3 is 10.6 Å². The lowest BCUT2D eigenvalue weighted by atomic mass is 9.94. The molecule has 0 saturated carbocycles. The summed E-state index contributed by atoms with van der Waals surface area (Å²) in [5.41, 5.74) is 7.57. The molecular weight excluding hydrogens is 298 g/mol. The predicted octanol–water partition coefficient (Wildman–Crippen LogP) is 3.26. The zero-order chi connectivity index (χ0) is 17.0. The minimum Gasteiger partial charge on any atom is -0.341 e. The highest BCUT2D eigenvalue weighted by Crippen LogP contribution is 2.21. The van der Waals surface area contributed by atoms with Gasteiger partial charge in [0.1, 0.15) is 0 Å². The minimum absolute atomic E-state index is 0.147. The highest BCUT2D eigenvalue weighted by Gasteiger charge is 2.25. The zero-order valence-electron chi connectivity index (χ0n) is 13.2. The summed E-state index contributed by atoms with van der Waals surface area (Å²) in [5, 5.41) is 0. The van der Waals surface area contributed by atoms with Gasteiger partial charge in [0.05, 0.1) is 5.92 Å². The average molecular weight is 318 g/mol. The summed E-state index contributed by atoms with van der Waals surface area (Å²) >= 11 is 0. The average Bonchev–Trinajstić information content (AvgIpc) is 2.57. The van der Waals surface area contributed by atoms with Crippen LogP contribution in [0.15, 0.2) is 48.5 Å². The van der Waals surface area contributed by atoms with Crippen LogP contribution in [-0.2, 0) is 11.3 Å². The molecule has 0 aliphatic rings. The predicted molar refractivity (Wildman–Crippen MR) is 85.4 cm³/mol. The van der Waals surface area contributed by atoms with Crippen LogP contribution in [-0.4, -0.2) is 17.9 Å². The van der Waals surface area contributed by atoms with E-state index in [1.165, 1.54) is 11.0 Å². The fraction of sp³-hybridized carbons (Fsp3) is 0.278. The van der Waals surface area contributed by atoms with Gasteiger partial charge in [0.2, 0.25) is 5.91 Å². The van der Waals surface area contributed by atoms with Crippen molar-refractivity contribution >= 4 is 5.91 Å². The van der Waals surface area contributed by atoms with E-state index in [9.17, 15) is 13.6 Å². The summed E-state index contributed by atoms with van der Waals surface area (Å²) in [7, 11) is 1.62. The third-order valence-corrected chi connectivity index (χ3v) is 3.89. The first kappa shape index (κ1) is 17.1. The van der Waals surface area contributed by atoms with E-state index in [1.807, 2.05) is 30.3 Å². The van der Waals surface area contributed by atoms with Crippen molar-refractivity contribution in [3.63, 3.8) is 0 Å². The molecule has 5 heteroatoms. The second-order valence-corrected chi connectivity index (χ2v) is 5.67. The quantitative estimate of drug-likeness (QED) is 0.920. The number of amides is 1. The molecule has 0 aliphatic carbocycles. The van der Waals surface area contributed by atoms with Crippen molar-refractivity contribution in [1.82, 2.24) is 4.90 Å². The third-order valence-electron chi connectivity index (χ3n) is 3.89. The fourth-order valence-electron chi connectivity index (χ4n) is 2.45. The number of halogens is 2. The van der Waals surface area contributed by atoms with E-state index in [0.29, 0.717) is 5.56 Å². The van der Waals surface area contributed by atoms with E-state index in [-0.39, 0.29) is 12.5 Å². The lowest BCUT2D eigenvalue weighted by Crippen LogP contribution is -2.36. The summed E-state index contributed by atoms with van der Waals surface area (Å²) in [6, 6.07) is 12.6. The number of hydrogen-bond acceptors (Lipinski definition) is 2. The van der Waals surface area contributed by atoms with Crippen molar-refractivity contribution in [3.8, 4) is 0 Å². The molecule has 0 saturated heterocycles. The monoisotopic (exact) mass is 318 g/mol. The van der Waals surface area contributed by atoms with Gasteiger partial charge in [-0.25, -0.2) is 8.78 Å². The van der Waals surface area contributed by atoms with Crippen molar-refractivity contribution in [2.24, 2.45) is 11.7 Å². The first-order valence-electron chi connectivity index (χ1n) is 7.39. The standard InChI is InChI=1S/C18H20F2N2O/c1-12(17(21)14-6-4-3-5-7-14)18(23)22(2)11-13-8-9-15(19)16(20)10-13/h3-10,12,17H,11,21H2,1-2H3. The molecule has 23 heavy (non-hydrogen) atoms. The molecule has 3 nitrogen and oxygen atoms in total. The van der Waals surface area contributed by atoms with Crippen molar-refractivity contribution in [1.29, 1.82) is 0 Å². The number of benzene rings is 2. The van der Waals surface area contributed by atoms with Gasteiger partial charge in [0.25, 0.3) is 0 Å². The van der Waals surface area contributed by atoms with Crippen LogP contribution in [0.1, 0.15) is 24.1 Å². The second-order valence-electron chi connectivity index (χ2n) is 5.67. The normalized spacial score (nSPS) is 13.4. The van der Waals surface area contributed by atoms with E-state index in [1.54, 1.807) is 14.0 Å². The van der Waals surface area contributed by atoms with Gasteiger partial charge in [-0.05, 0) is 23.3 Å². The Labute approximate surface area is 134 Å². The molecule has 2 rings (SSSR count). The third kappa shape index (κ3) is 4.13. The first-order chi connectivity index (χ1) is 10.9. The Balaban J connectivity index is 2.05. The zero-order valence-corrected chi connectivity index (χ0v) is 13.2. The SMILES string of the molecule is CC(C(=O)N(C)Cc1ccc(F)c(F)c1)C(N)c1ccccc1. The van der Waals surface area contributed by atoms with Crippen LogP contribution < -0.4 is 5.73 Å². The van der Waals surface area contributed by atoms with Crippen molar-refractivity contribution in [2.75, 3.05) is 7.05 Å². The van der Waals surface area contributed by atoms with Crippen molar-refractivity contribution in [3.05, 3.63) is 71.3 Å². The highest BCUT2D eigenvalue weighted by atomic mass is 19.2. The molecule has 0 fully saturated rings. The Kier molecular flexibility index (Phi) is 5.45. The molecule has 0 spiro atoms. The Morgan fingerprint density at radius 1 is 1.13 bits per heavy atom.